The minimum atomic E-state index is -0.199. The summed E-state index contributed by atoms with van der Waals surface area (Å²) < 4.78 is 0. The number of anilines is 1. The lowest BCUT2D eigenvalue weighted by molar-refractivity contribution is -0.113. The Morgan fingerprint density at radius 1 is 0.861 bits per heavy atom. The first-order valence-electron chi connectivity index (χ1n) is 12.6. The molecule has 0 saturated heterocycles. The molecule has 0 spiro atoms. The highest BCUT2D eigenvalue weighted by molar-refractivity contribution is 5.92. The van der Waals surface area contributed by atoms with Gasteiger partial charge >= 0.3 is 0 Å². The maximum atomic E-state index is 11.2. The molecule has 7 heteroatoms. The third-order valence-corrected chi connectivity index (χ3v) is 4.41. The summed E-state index contributed by atoms with van der Waals surface area (Å²) in [7, 11) is 5.85. The second-order valence-electron chi connectivity index (χ2n) is 7.97. The van der Waals surface area contributed by atoms with Crippen LogP contribution in [0.4, 0.5) is 5.69 Å². The van der Waals surface area contributed by atoms with E-state index in [1.807, 2.05) is 50.2 Å². The lowest BCUT2D eigenvalue weighted by atomic mass is 10.2. The van der Waals surface area contributed by atoms with Gasteiger partial charge in [-0.15, -0.1) is 4.91 Å². The van der Waals surface area contributed by atoms with E-state index in [4.69, 9.17) is 5.73 Å². The number of hydrogen-bond acceptors (Lipinski definition) is 6. The number of benzene rings is 2. The average Bonchev–Trinajstić information content (AvgIpc) is 2.89. The van der Waals surface area contributed by atoms with Crippen LogP contribution in [0.25, 0.3) is 0 Å². The number of para-hydroxylation sites is 1. The van der Waals surface area contributed by atoms with Gasteiger partial charge < -0.3 is 15.5 Å². The van der Waals surface area contributed by atoms with Gasteiger partial charge in [0, 0.05) is 19.7 Å². The Hall–Kier alpha value is -3.19. The summed E-state index contributed by atoms with van der Waals surface area (Å²) in [5.74, 6) is -0.199. The molecule has 0 aliphatic rings. The minimum absolute atomic E-state index is 0.182. The van der Waals surface area contributed by atoms with Crippen molar-refractivity contribution < 1.29 is 4.79 Å². The van der Waals surface area contributed by atoms with Crippen LogP contribution in [0.2, 0.25) is 0 Å². The van der Waals surface area contributed by atoms with Crippen LogP contribution < -0.4 is 10.7 Å². The van der Waals surface area contributed by atoms with E-state index in [-0.39, 0.29) is 18.1 Å². The molecule has 204 valence electrons. The molecule has 0 aromatic heterocycles. The molecule has 2 rings (SSSR count). The van der Waals surface area contributed by atoms with E-state index in [1.165, 1.54) is 23.9 Å². The number of hydrogen-bond donors (Lipinski definition) is 1. The number of ketones is 1. The molecule has 0 heterocycles. The SMILES string of the molecule is CC.CC(=O)/C(N)=C(\C)N(C)CN(N=O)c1ccccc1.CCC.CCN(C)C.Cc1ccccc1. The van der Waals surface area contributed by atoms with Crippen LogP contribution in [-0.2, 0) is 4.79 Å². The summed E-state index contributed by atoms with van der Waals surface area (Å²) in [6.07, 6.45) is 1.25. The smallest absolute Gasteiger partial charge is 0.177 e. The summed E-state index contributed by atoms with van der Waals surface area (Å²) in [5.41, 5.74) is 8.47. The first kappa shape index (κ1) is 37.4. The molecule has 0 fully saturated rings. The molecule has 2 aromatic carbocycles. The van der Waals surface area contributed by atoms with Crippen molar-refractivity contribution in [3.8, 4) is 0 Å². The summed E-state index contributed by atoms with van der Waals surface area (Å²) in [6.45, 7) is 16.9. The topological polar surface area (TPSA) is 82.2 Å². The molecular weight excluding hydrogens is 450 g/mol. The molecule has 0 bridgehead atoms. The third-order valence-electron chi connectivity index (χ3n) is 4.41. The summed E-state index contributed by atoms with van der Waals surface area (Å²) in [5, 5.41) is 4.27. The average molecular weight is 502 g/mol. The van der Waals surface area contributed by atoms with Crippen molar-refractivity contribution >= 4 is 11.5 Å². The van der Waals surface area contributed by atoms with Crippen LogP contribution in [0, 0.1) is 11.8 Å². The number of rotatable bonds is 7. The Morgan fingerprint density at radius 3 is 1.53 bits per heavy atom. The number of allylic oxidation sites excluding steroid dienone is 2. The van der Waals surface area contributed by atoms with Crippen LogP contribution in [0.1, 0.15) is 60.5 Å². The lowest BCUT2D eigenvalue weighted by Gasteiger charge is -2.26. The zero-order valence-corrected chi connectivity index (χ0v) is 24.6. The van der Waals surface area contributed by atoms with Crippen molar-refractivity contribution in [3.05, 3.63) is 82.5 Å². The predicted molar refractivity (Wildman–Crippen MR) is 158 cm³/mol. The molecule has 2 N–H and O–H groups in total. The van der Waals surface area contributed by atoms with Gasteiger partial charge in [0.25, 0.3) is 0 Å². The fourth-order valence-electron chi connectivity index (χ4n) is 2.06. The molecule has 0 radical (unpaired) electrons. The van der Waals surface area contributed by atoms with Gasteiger partial charge in [-0.1, -0.05) is 95.1 Å². The van der Waals surface area contributed by atoms with Crippen molar-refractivity contribution in [2.75, 3.05) is 39.4 Å². The Bertz CT molecular complexity index is 809. The molecule has 0 amide bonds. The van der Waals surface area contributed by atoms with E-state index in [2.05, 4.69) is 64.1 Å². The third kappa shape index (κ3) is 20.2. The number of nitrogens with zero attached hydrogens (tertiary/aromatic N) is 4. The van der Waals surface area contributed by atoms with Crippen LogP contribution in [0.5, 0.6) is 0 Å². The number of nitroso groups, excluding NO2 is 1. The van der Waals surface area contributed by atoms with Gasteiger partial charge in [-0.05, 0) is 46.6 Å². The zero-order valence-electron chi connectivity index (χ0n) is 24.6. The molecule has 0 aliphatic carbocycles. The second kappa shape index (κ2) is 24.9. The van der Waals surface area contributed by atoms with E-state index in [0.29, 0.717) is 11.4 Å². The van der Waals surface area contributed by atoms with E-state index in [9.17, 15) is 9.70 Å². The number of nitrogens with two attached hydrogens (primary N) is 1. The van der Waals surface area contributed by atoms with Crippen LogP contribution in [-0.4, -0.2) is 49.9 Å². The van der Waals surface area contributed by atoms with Gasteiger partial charge in [-0.25, -0.2) is 5.01 Å². The monoisotopic (exact) mass is 501 g/mol. The minimum Gasteiger partial charge on any atom is -0.394 e. The zero-order chi connectivity index (χ0) is 28.5. The molecule has 36 heavy (non-hydrogen) atoms. The van der Waals surface area contributed by atoms with Crippen LogP contribution in [0.3, 0.4) is 0 Å². The largest absolute Gasteiger partial charge is 0.394 e. The standard InChI is InChI=1S/C13H18N4O2.C7H8.C4H11N.C3H8.C2H6/c1-10(13(14)11(2)18)16(3)9-17(15-19)12-7-5-4-6-8-12;1-7-5-3-2-4-6-7;1-4-5(2)3;1-3-2;1-2/h4-8H,9,14H2,1-3H3;2-6H,1H3;4H2,1-3H3;3H2,1-2H3;1-2H3/b13-10-;;;;. The van der Waals surface area contributed by atoms with E-state index in [0.717, 1.165) is 6.54 Å². The van der Waals surface area contributed by atoms with Gasteiger partial charge in [-0.2, -0.15) is 0 Å². The quantitative estimate of drug-likeness (QED) is 0.193. The normalized spacial score (nSPS) is 9.78. The van der Waals surface area contributed by atoms with E-state index >= 15 is 0 Å². The first-order chi connectivity index (χ1) is 17.0. The fourth-order valence-corrected chi connectivity index (χ4v) is 2.06. The molecule has 2 aromatic rings. The highest BCUT2D eigenvalue weighted by atomic mass is 16.3. The fraction of sp³-hybridized carbons (Fsp3) is 0.483. The Balaban J connectivity index is -0.000000521. The molecule has 0 saturated carbocycles. The van der Waals surface area contributed by atoms with Crippen molar-refractivity contribution in [1.82, 2.24) is 9.80 Å². The van der Waals surface area contributed by atoms with Crippen molar-refractivity contribution in [3.63, 3.8) is 0 Å². The van der Waals surface area contributed by atoms with E-state index < -0.39 is 0 Å². The van der Waals surface area contributed by atoms with Crippen molar-refractivity contribution in [2.45, 2.75) is 61.8 Å². The Labute approximate surface area is 220 Å². The highest BCUT2D eigenvalue weighted by Gasteiger charge is 2.13. The van der Waals surface area contributed by atoms with Crippen molar-refractivity contribution in [2.24, 2.45) is 11.0 Å². The summed E-state index contributed by atoms with van der Waals surface area (Å²) >= 11 is 0. The van der Waals surface area contributed by atoms with E-state index in [1.54, 1.807) is 31.0 Å². The van der Waals surface area contributed by atoms with Gasteiger partial charge in [0.15, 0.2) is 5.78 Å². The molecule has 0 aliphatic heterocycles. The lowest BCUT2D eigenvalue weighted by Crippen LogP contribution is -2.33. The number of carbonyl (C=O) groups is 1. The number of aryl methyl sites for hydroxylation is 1. The highest BCUT2D eigenvalue weighted by Crippen LogP contribution is 2.15. The number of Topliss-reactive ketones (excluding diaryl/α,β-unsaturated/α-hetero) is 1. The summed E-state index contributed by atoms with van der Waals surface area (Å²) in [6, 6.07) is 19.3. The second-order valence-corrected chi connectivity index (χ2v) is 7.97. The van der Waals surface area contributed by atoms with Gasteiger partial charge in [0.2, 0.25) is 0 Å². The molecule has 7 nitrogen and oxygen atoms in total. The molecule has 0 unspecified atom stereocenters. The first-order valence-corrected chi connectivity index (χ1v) is 12.6. The maximum Gasteiger partial charge on any atom is 0.177 e. The Kier molecular flexibility index (Phi) is 25.9. The number of carbonyl (C=O) groups excluding carboxylic acids is 1. The molecular formula is C29H51N5O2. The van der Waals surface area contributed by atoms with Crippen LogP contribution >= 0.6 is 0 Å². The summed E-state index contributed by atoms with van der Waals surface area (Å²) in [4.78, 5) is 25.9. The van der Waals surface area contributed by atoms with Gasteiger partial charge in [0.1, 0.15) is 6.67 Å². The predicted octanol–water partition coefficient (Wildman–Crippen LogP) is 6.85. The Morgan fingerprint density at radius 2 is 1.25 bits per heavy atom. The molecule has 0 atom stereocenters. The van der Waals surface area contributed by atoms with Crippen LogP contribution in [0.15, 0.2) is 77.3 Å². The van der Waals surface area contributed by atoms with Crippen molar-refractivity contribution in [1.29, 1.82) is 0 Å². The van der Waals surface area contributed by atoms with Gasteiger partial charge in [0.05, 0.1) is 16.7 Å². The van der Waals surface area contributed by atoms with Gasteiger partial charge in [-0.3, -0.25) is 4.79 Å². The maximum absolute atomic E-state index is 11.2.